The standard InChI is InChI=1S/C62H122O4/c1-3-5-7-9-11-13-15-17-19-21-23-25-27-31-35-39-43-47-51-55-59-65-61(63)57-53-49-45-41-37-33-29-30-34-38-42-46-50-54-58-62(64)66-60-56-52-48-44-40-36-32-28-26-24-22-20-18-16-14-12-10-8-6-4-2/h3-60H2,1-2H3. The Labute approximate surface area is 416 Å². The molecule has 0 radical (unpaired) electrons. The quantitative estimate of drug-likeness (QED) is 0.0450. The summed E-state index contributed by atoms with van der Waals surface area (Å²) < 4.78 is 11.0. The molecule has 0 fully saturated rings. The SMILES string of the molecule is CCCCCCCCCCCCCCCCCCCCCCOC(=O)CCCCCCCCCCCCCCCCC(=O)OCCCCCCCCCCCCCCCCCCCCCC. The summed E-state index contributed by atoms with van der Waals surface area (Å²) in [5.74, 6) is 0.0310. The number of hydrogen-bond donors (Lipinski definition) is 0. The van der Waals surface area contributed by atoms with Gasteiger partial charge in [-0.1, -0.05) is 335 Å². The van der Waals surface area contributed by atoms with E-state index in [0.717, 1.165) is 38.5 Å². The smallest absolute Gasteiger partial charge is 0.305 e. The molecule has 0 aromatic carbocycles. The summed E-state index contributed by atoms with van der Waals surface area (Å²) in [5, 5.41) is 0. The summed E-state index contributed by atoms with van der Waals surface area (Å²) in [5.41, 5.74) is 0. The first-order chi connectivity index (χ1) is 32.7. The molecule has 0 atom stereocenters. The Morgan fingerprint density at radius 1 is 0.197 bits per heavy atom. The van der Waals surface area contributed by atoms with E-state index >= 15 is 0 Å². The fourth-order valence-electron chi connectivity index (χ4n) is 9.89. The van der Waals surface area contributed by atoms with Crippen LogP contribution in [-0.2, 0) is 19.1 Å². The second kappa shape index (κ2) is 60.1. The molecule has 0 unspecified atom stereocenters. The van der Waals surface area contributed by atoms with Crippen LogP contribution in [0.4, 0.5) is 0 Å². The number of rotatable bonds is 59. The lowest BCUT2D eigenvalue weighted by Crippen LogP contribution is -2.05. The van der Waals surface area contributed by atoms with Crippen LogP contribution in [0.1, 0.15) is 373 Å². The highest BCUT2D eigenvalue weighted by atomic mass is 16.5. The minimum absolute atomic E-state index is 0.0155. The van der Waals surface area contributed by atoms with E-state index in [-0.39, 0.29) is 11.9 Å². The first-order valence-corrected chi connectivity index (χ1v) is 31.0. The van der Waals surface area contributed by atoms with Crippen molar-refractivity contribution in [1.82, 2.24) is 0 Å². The van der Waals surface area contributed by atoms with E-state index < -0.39 is 0 Å². The molecule has 0 N–H and O–H groups in total. The van der Waals surface area contributed by atoms with Crippen LogP contribution in [0.5, 0.6) is 0 Å². The molecule has 394 valence electrons. The zero-order valence-corrected chi connectivity index (χ0v) is 45.6. The van der Waals surface area contributed by atoms with Crippen LogP contribution in [0.25, 0.3) is 0 Å². The number of carbonyl (C=O) groups is 2. The Morgan fingerprint density at radius 2 is 0.333 bits per heavy atom. The highest BCUT2D eigenvalue weighted by Crippen LogP contribution is 2.18. The van der Waals surface area contributed by atoms with Crippen LogP contribution in [0.15, 0.2) is 0 Å². The Bertz CT molecular complexity index is 830. The molecule has 0 aromatic rings. The van der Waals surface area contributed by atoms with E-state index in [1.807, 2.05) is 0 Å². The van der Waals surface area contributed by atoms with Crippen molar-refractivity contribution in [3.8, 4) is 0 Å². The Hall–Kier alpha value is -1.06. The third kappa shape index (κ3) is 59.1. The summed E-state index contributed by atoms with van der Waals surface area (Å²) in [6, 6.07) is 0. The van der Waals surface area contributed by atoms with Crippen LogP contribution in [-0.4, -0.2) is 25.2 Å². The average molecular weight is 932 g/mol. The molecule has 0 rings (SSSR count). The second-order valence-electron chi connectivity index (χ2n) is 21.3. The number of carbonyl (C=O) groups excluding carboxylic acids is 2. The van der Waals surface area contributed by atoms with Gasteiger partial charge in [-0.05, 0) is 25.7 Å². The monoisotopic (exact) mass is 931 g/mol. The van der Waals surface area contributed by atoms with Crippen LogP contribution < -0.4 is 0 Å². The van der Waals surface area contributed by atoms with Crippen molar-refractivity contribution in [2.75, 3.05) is 13.2 Å². The molecular weight excluding hydrogens is 809 g/mol. The first-order valence-electron chi connectivity index (χ1n) is 31.0. The van der Waals surface area contributed by atoms with Gasteiger partial charge in [0.05, 0.1) is 13.2 Å². The number of ether oxygens (including phenoxy) is 2. The van der Waals surface area contributed by atoms with E-state index in [4.69, 9.17) is 9.47 Å². The molecule has 0 aliphatic rings. The Balaban J connectivity index is 3.20. The first kappa shape index (κ1) is 64.9. The fourth-order valence-corrected chi connectivity index (χ4v) is 9.89. The number of hydrogen-bond acceptors (Lipinski definition) is 4. The van der Waals surface area contributed by atoms with Crippen molar-refractivity contribution < 1.29 is 19.1 Å². The summed E-state index contributed by atoms with van der Waals surface area (Å²) in [6.45, 7) is 5.83. The highest BCUT2D eigenvalue weighted by molar-refractivity contribution is 5.69. The molecule has 0 aromatic heterocycles. The molecule has 0 aliphatic heterocycles. The largest absolute Gasteiger partial charge is 0.466 e. The third-order valence-corrected chi connectivity index (χ3v) is 14.5. The number of unbranched alkanes of at least 4 members (excludes halogenated alkanes) is 51. The number of esters is 2. The molecule has 0 bridgehead atoms. The lowest BCUT2D eigenvalue weighted by Gasteiger charge is -2.06. The lowest BCUT2D eigenvalue weighted by molar-refractivity contribution is -0.144. The van der Waals surface area contributed by atoms with Crippen molar-refractivity contribution in [3.05, 3.63) is 0 Å². The van der Waals surface area contributed by atoms with Crippen LogP contribution in [0, 0.1) is 0 Å². The van der Waals surface area contributed by atoms with Gasteiger partial charge in [0.2, 0.25) is 0 Å². The normalized spacial score (nSPS) is 11.5. The van der Waals surface area contributed by atoms with Gasteiger partial charge in [0.15, 0.2) is 0 Å². The van der Waals surface area contributed by atoms with E-state index in [1.165, 1.54) is 308 Å². The van der Waals surface area contributed by atoms with Crippen LogP contribution in [0.3, 0.4) is 0 Å². The van der Waals surface area contributed by atoms with Crippen molar-refractivity contribution in [2.45, 2.75) is 373 Å². The molecule has 0 amide bonds. The summed E-state index contributed by atoms with van der Waals surface area (Å²) in [4.78, 5) is 24.2. The second-order valence-corrected chi connectivity index (χ2v) is 21.3. The Morgan fingerprint density at radius 3 is 0.500 bits per heavy atom. The maximum atomic E-state index is 12.1. The zero-order chi connectivity index (χ0) is 47.6. The van der Waals surface area contributed by atoms with E-state index in [2.05, 4.69) is 13.8 Å². The maximum Gasteiger partial charge on any atom is 0.305 e. The summed E-state index contributed by atoms with van der Waals surface area (Å²) >= 11 is 0. The lowest BCUT2D eigenvalue weighted by atomic mass is 10.0. The van der Waals surface area contributed by atoms with E-state index in [1.54, 1.807) is 0 Å². The molecule has 66 heavy (non-hydrogen) atoms. The predicted molar refractivity (Wildman–Crippen MR) is 292 cm³/mol. The van der Waals surface area contributed by atoms with E-state index in [0.29, 0.717) is 26.1 Å². The van der Waals surface area contributed by atoms with Gasteiger partial charge in [0.25, 0.3) is 0 Å². The van der Waals surface area contributed by atoms with Gasteiger partial charge >= 0.3 is 11.9 Å². The van der Waals surface area contributed by atoms with Crippen molar-refractivity contribution in [3.63, 3.8) is 0 Å². The van der Waals surface area contributed by atoms with E-state index in [9.17, 15) is 9.59 Å². The van der Waals surface area contributed by atoms with Gasteiger partial charge in [-0.15, -0.1) is 0 Å². The minimum atomic E-state index is 0.0155. The van der Waals surface area contributed by atoms with Crippen LogP contribution in [0.2, 0.25) is 0 Å². The average Bonchev–Trinajstić information content (AvgIpc) is 3.32. The molecule has 0 saturated carbocycles. The fraction of sp³-hybridized carbons (Fsp3) is 0.968. The molecule has 0 aliphatic carbocycles. The van der Waals surface area contributed by atoms with Gasteiger partial charge in [-0.2, -0.15) is 0 Å². The van der Waals surface area contributed by atoms with Crippen molar-refractivity contribution >= 4 is 11.9 Å². The van der Waals surface area contributed by atoms with Crippen molar-refractivity contribution in [2.24, 2.45) is 0 Å². The molecule has 0 saturated heterocycles. The maximum absolute atomic E-state index is 12.1. The summed E-state index contributed by atoms with van der Waals surface area (Å²) in [7, 11) is 0. The molecule has 0 spiro atoms. The third-order valence-electron chi connectivity index (χ3n) is 14.5. The van der Waals surface area contributed by atoms with Gasteiger partial charge in [0.1, 0.15) is 0 Å². The van der Waals surface area contributed by atoms with Gasteiger partial charge in [0, 0.05) is 12.8 Å². The topological polar surface area (TPSA) is 52.6 Å². The molecule has 4 nitrogen and oxygen atoms in total. The van der Waals surface area contributed by atoms with Crippen LogP contribution >= 0.6 is 0 Å². The molecule has 0 heterocycles. The zero-order valence-electron chi connectivity index (χ0n) is 45.6. The van der Waals surface area contributed by atoms with Gasteiger partial charge in [-0.3, -0.25) is 9.59 Å². The van der Waals surface area contributed by atoms with Crippen molar-refractivity contribution in [1.29, 1.82) is 0 Å². The van der Waals surface area contributed by atoms with Gasteiger partial charge < -0.3 is 9.47 Å². The van der Waals surface area contributed by atoms with Gasteiger partial charge in [-0.25, -0.2) is 0 Å². The minimum Gasteiger partial charge on any atom is -0.466 e. The Kier molecular flexibility index (Phi) is 59.1. The summed E-state index contributed by atoms with van der Waals surface area (Å²) in [6.07, 6.45) is 74.3. The highest BCUT2D eigenvalue weighted by Gasteiger charge is 2.05. The molecular formula is C62H122O4. The molecule has 4 heteroatoms. The predicted octanol–water partition coefficient (Wildman–Crippen LogP) is 22.0.